The Morgan fingerprint density at radius 3 is 1.45 bits per heavy atom. The molecular weight excluding hydrogens is 913 g/mol. The minimum Gasteiger partial charge on any atom is -0.691 e. The van der Waals surface area contributed by atoms with Gasteiger partial charge in [0.15, 0.2) is 30.8 Å². The highest BCUT2D eigenvalue weighted by Gasteiger charge is 2.54. The number of esters is 2. The average molecular weight is 1010 g/mol. The molecule has 2 aliphatic rings. The summed E-state index contributed by atoms with van der Waals surface area (Å²) < 4.78 is 38.6. The van der Waals surface area contributed by atoms with E-state index < -0.39 is 86.6 Å². The molecular formula is C52H95O16S-. The number of hydrogen-bond acceptors (Lipinski definition) is 17. The van der Waals surface area contributed by atoms with Gasteiger partial charge in [0.1, 0.15) is 36.6 Å². The number of aliphatic hydroxyl groups excluding tert-OH is 5. The Bertz CT molecular complexity index is 1300. The summed E-state index contributed by atoms with van der Waals surface area (Å²) in [7, 11) is 0. The summed E-state index contributed by atoms with van der Waals surface area (Å²) in [4.78, 5) is 27.2. The molecule has 10 unspecified atom stereocenters. The van der Waals surface area contributed by atoms with Crippen molar-refractivity contribution in [1.29, 1.82) is 0 Å². The van der Waals surface area contributed by atoms with E-state index in [1.165, 1.54) is 141 Å². The van der Waals surface area contributed by atoms with Crippen LogP contribution in [0.25, 0.3) is 0 Å². The number of hydrogen-bond donors (Lipinski definition) is 5. The van der Waals surface area contributed by atoms with Crippen molar-refractivity contribution in [2.24, 2.45) is 5.92 Å². The van der Waals surface area contributed by atoms with Gasteiger partial charge in [0.25, 0.3) is 0 Å². The van der Waals surface area contributed by atoms with Crippen LogP contribution in [0.1, 0.15) is 227 Å². The molecule has 2 heterocycles. The largest absolute Gasteiger partial charge is 0.691 e. The number of ether oxygens (including phenoxy) is 5. The lowest BCUT2D eigenvalue weighted by molar-refractivity contribution is -0.777. The first-order chi connectivity index (χ1) is 33.5. The van der Waals surface area contributed by atoms with Crippen LogP contribution < -0.4 is 5.26 Å². The molecule has 2 saturated heterocycles. The van der Waals surface area contributed by atoms with Crippen molar-refractivity contribution in [3.8, 4) is 0 Å². The molecule has 5 N–H and O–H groups in total. The van der Waals surface area contributed by atoms with Crippen molar-refractivity contribution in [2.45, 2.75) is 288 Å². The molecule has 0 saturated carbocycles. The van der Waals surface area contributed by atoms with Gasteiger partial charge in [-0.15, -0.1) is 4.33 Å². The van der Waals surface area contributed by atoms with E-state index in [4.69, 9.17) is 27.9 Å². The second-order valence-corrected chi connectivity index (χ2v) is 20.0. The maximum absolute atomic E-state index is 13.7. The van der Waals surface area contributed by atoms with E-state index >= 15 is 0 Å². The first-order valence-corrected chi connectivity index (χ1v) is 27.8. The summed E-state index contributed by atoms with van der Waals surface area (Å²) in [5.41, 5.74) is 0.278. The van der Waals surface area contributed by atoms with Crippen LogP contribution in [-0.4, -0.2) is 112 Å². The smallest absolute Gasteiger partial charge is 0.333 e. The molecule has 0 aromatic carbocycles. The van der Waals surface area contributed by atoms with E-state index in [1.54, 1.807) is 6.92 Å². The van der Waals surface area contributed by atoms with E-state index in [1.807, 2.05) is 13.0 Å². The van der Waals surface area contributed by atoms with Crippen LogP contribution in [0, 0.1) is 5.92 Å². The highest BCUT2D eigenvalue weighted by atomic mass is 32.2. The van der Waals surface area contributed by atoms with Gasteiger partial charge in [0, 0.05) is 12.0 Å². The Labute approximate surface area is 419 Å². The quantitative estimate of drug-likeness (QED) is 0.00956. The molecule has 2 aliphatic heterocycles. The standard InChI is InChI=1S/C52H96O16S/c1-5-7-9-11-13-15-17-19-20-21-23-24-26-28-30-32-34-39(3)36-40(4)50(59)64-48-45(57)42(38-54)62-52(65-51-46(58)47(66-69-68-67-60)44(56)41(37-53)61-51)49(48)63-43(55)35-33-31-29-27-25-22-18-16-14-12-10-8-6-2/h36,39,41-42,44-49,51-54,56-58,60H,5-35,37-38H2,1-4H3/p-1/b40-36+/t39-,41?,42?,44?,45?,46?,47?,48?,49?,51?,52?/m0/s1. The van der Waals surface area contributed by atoms with Gasteiger partial charge in [-0.25, -0.2) is 4.79 Å². The van der Waals surface area contributed by atoms with Gasteiger partial charge in [-0.3, -0.25) is 14.0 Å². The Balaban J connectivity index is 2.01. The summed E-state index contributed by atoms with van der Waals surface area (Å²) in [6, 6.07) is 0. The van der Waals surface area contributed by atoms with Gasteiger partial charge in [0.05, 0.1) is 13.2 Å². The topological polar surface area (TPSA) is 232 Å². The van der Waals surface area contributed by atoms with Gasteiger partial charge < -0.3 is 54.5 Å². The molecule has 11 atom stereocenters. The zero-order valence-corrected chi connectivity index (χ0v) is 43.7. The predicted molar refractivity (Wildman–Crippen MR) is 262 cm³/mol. The van der Waals surface area contributed by atoms with Crippen LogP contribution >= 0.6 is 12.3 Å². The van der Waals surface area contributed by atoms with Gasteiger partial charge in [-0.05, 0) is 25.7 Å². The summed E-state index contributed by atoms with van der Waals surface area (Å²) in [6.45, 7) is 6.59. The first kappa shape index (κ1) is 63.7. The Morgan fingerprint density at radius 1 is 0.580 bits per heavy atom. The fourth-order valence-electron chi connectivity index (χ4n) is 9.20. The molecule has 2 fully saturated rings. The highest BCUT2D eigenvalue weighted by Crippen LogP contribution is 2.33. The van der Waals surface area contributed by atoms with Gasteiger partial charge in [-0.2, -0.15) is 0 Å². The van der Waals surface area contributed by atoms with Crippen molar-refractivity contribution in [3.05, 3.63) is 11.6 Å². The summed E-state index contributed by atoms with van der Waals surface area (Å²) in [5.74, 6) is -1.41. The third-order valence-corrected chi connectivity index (χ3v) is 13.9. The van der Waals surface area contributed by atoms with E-state index in [2.05, 4.69) is 23.2 Å². The summed E-state index contributed by atoms with van der Waals surface area (Å²) in [6.07, 6.45) is 21.7. The van der Waals surface area contributed by atoms with Crippen LogP contribution in [0.4, 0.5) is 0 Å². The fraction of sp³-hybridized carbons (Fsp3) is 0.923. The Hall–Kier alpha value is -1.45. The molecule has 0 radical (unpaired) electrons. The number of aliphatic hydroxyl groups is 5. The molecule has 0 aromatic heterocycles. The van der Waals surface area contributed by atoms with Crippen molar-refractivity contribution < 1.29 is 77.6 Å². The number of carbonyl (C=O) groups is 2. The lowest BCUT2D eigenvalue weighted by Crippen LogP contribution is -2.65. The molecule has 406 valence electrons. The zero-order valence-electron chi connectivity index (χ0n) is 42.9. The maximum Gasteiger partial charge on any atom is 0.333 e. The van der Waals surface area contributed by atoms with Crippen LogP contribution in [0.15, 0.2) is 11.6 Å². The lowest BCUT2D eigenvalue weighted by Gasteiger charge is -2.46. The van der Waals surface area contributed by atoms with Crippen LogP contribution in [0.3, 0.4) is 0 Å². The molecule has 16 nitrogen and oxygen atoms in total. The van der Waals surface area contributed by atoms with Gasteiger partial charge in [-0.1, -0.05) is 207 Å². The van der Waals surface area contributed by atoms with Crippen LogP contribution in [0.2, 0.25) is 0 Å². The van der Waals surface area contributed by atoms with E-state index in [0.29, 0.717) is 6.42 Å². The number of rotatable bonds is 43. The Morgan fingerprint density at radius 2 is 1.00 bits per heavy atom. The molecule has 2 rings (SSSR count). The predicted octanol–water partition coefficient (Wildman–Crippen LogP) is 9.23. The van der Waals surface area contributed by atoms with Crippen molar-refractivity contribution in [2.75, 3.05) is 13.2 Å². The fourth-order valence-corrected chi connectivity index (χ4v) is 9.58. The minimum atomic E-state index is -1.84. The molecule has 0 bridgehead atoms. The number of carbonyl (C=O) groups excluding carboxylic acids is 2. The second kappa shape index (κ2) is 41.0. The highest BCUT2D eigenvalue weighted by molar-refractivity contribution is 7.89. The summed E-state index contributed by atoms with van der Waals surface area (Å²) >= 11 is 0.0103. The molecule has 0 spiro atoms. The van der Waals surface area contributed by atoms with Crippen molar-refractivity contribution >= 4 is 24.3 Å². The SMILES string of the molecule is CCCCCCCCCCCCCCCCCC[C@H](C)/C=C(\C)C(=O)OC1C(O)C(CO)OC(OC2OC(CO)C(O)C(OSOO[O-])C2O)C1OC(=O)CCCCCCCCCCCCCCC. The molecule has 69 heavy (non-hydrogen) atoms. The second-order valence-electron chi connectivity index (χ2n) is 19.6. The van der Waals surface area contributed by atoms with Crippen LogP contribution in [0.5, 0.6) is 0 Å². The number of unbranched alkanes of at least 4 members (excludes halogenated alkanes) is 27. The van der Waals surface area contributed by atoms with E-state index in [0.717, 1.165) is 44.9 Å². The third kappa shape index (κ3) is 27.4. The van der Waals surface area contributed by atoms with Gasteiger partial charge in [0.2, 0.25) is 6.29 Å². The summed E-state index contributed by atoms with van der Waals surface area (Å²) in [5, 5.41) is 67.1. The first-order valence-electron chi connectivity index (χ1n) is 27.1. The molecule has 0 amide bonds. The van der Waals surface area contributed by atoms with Gasteiger partial charge >= 0.3 is 11.9 Å². The zero-order chi connectivity index (χ0) is 50.5. The minimum absolute atomic E-state index is 0.00717. The van der Waals surface area contributed by atoms with Crippen molar-refractivity contribution in [1.82, 2.24) is 0 Å². The van der Waals surface area contributed by atoms with Crippen molar-refractivity contribution in [3.63, 3.8) is 0 Å². The Kier molecular flexibility index (Phi) is 37.8. The van der Waals surface area contributed by atoms with Crippen LogP contribution in [-0.2, 0) is 46.8 Å². The van der Waals surface area contributed by atoms with E-state index in [-0.39, 0.29) is 30.2 Å². The molecule has 0 aliphatic carbocycles. The average Bonchev–Trinajstić information content (AvgIpc) is 3.33. The maximum atomic E-state index is 13.7. The monoisotopic (exact) mass is 1010 g/mol. The molecule has 0 aromatic rings. The lowest BCUT2D eigenvalue weighted by atomic mass is 9.97. The third-order valence-electron chi connectivity index (χ3n) is 13.5. The number of allylic oxidation sites excluding steroid dienone is 1. The van der Waals surface area contributed by atoms with E-state index in [9.17, 15) is 40.4 Å². The normalized spacial score (nSPS) is 25.7. The molecule has 17 heteroatoms.